The fraction of sp³-hybridized carbons (Fsp3) is 0.360. The lowest BCUT2D eigenvalue weighted by molar-refractivity contribution is -0.0515. The summed E-state index contributed by atoms with van der Waals surface area (Å²) in [7, 11) is 1.22. The Labute approximate surface area is 235 Å². The second-order valence-electron chi connectivity index (χ2n) is 8.50. The largest absolute Gasteiger partial charge is 0.489 e. The smallest absolute Gasteiger partial charge is 0.387 e. The van der Waals surface area contributed by atoms with Crippen molar-refractivity contribution in [3.63, 3.8) is 0 Å². The highest BCUT2D eigenvalue weighted by atomic mass is 35.5. The number of esters is 1. The molecule has 1 fully saturated rings. The summed E-state index contributed by atoms with van der Waals surface area (Å²) in [5, 5.41) is 2.68. The molecular formula is C25H28Cl2F2N4O6. The molecule has 1 atom stereocenters. The summed E-state index contributed by atoms with van der Waals surface area (Å²) in [4.78, 5) is 32.8. The Morgan fingerprint density at radius 3 is 2.49 bits per heavy atom. The van der Waals surface area contributed by atoms with Crippen molar-refractivity contribution in [3.05, 3.63) is 59.2 Å². The van der Waals surface area contributed by atoms with E-state index in [1.54, 1.807) is 6.92 Å². The molecule has 39 heavy (non-hydrogen) atoms. The number of carbonyl (C=O) groups is 2. The van der Waals surface area contributed by atoms with E-state index in [-0.39, 0.29) is 60.1 Å². The van der Waals surface area contributed by atoms with E-state index in [4.69, 9.17) is 14.9 Å². The highest BCUT2D eigenvalue weighted by Crippen LogP contribution is 2.37. The van der Waals surface area contributed by atoms with Crippen LogP contribution in [0.4, 0.5) is 8.78 Å². The summed E-state index contributed by atoms with van der Waals surface area (Å²) in [6.07, 6.45) is 2.06. The second kappa shape index (κ2) is 14.1. The van der Waals surface area contributed by atoms with Crippen molar-refractivity contribution in [2.24, 2.45) is 11.7 Å². The zero-order valence-corrected chi connectivity index (χ0v) is 22.7. The van der Waals surface area contributed by atoms with Crippen LogP contribution in [0.5, 0.6) is 11.5 Å². The standard InChI is InChI=1S/C25H26F2N4O6.2ClH/c1-13(28)21-18(11-29-22(32)16-4-3-5-17(30-16)24(33)34-2)31-23(37-21)15-8-9-19(36-25(26)27)20(10-15)35-12-14-6-7-14;;/h3-5,8-10,13-14,25H,6-7,11-12,28H2,1-2H3,(H,29,32);2*1H. The number of nitrogens with one attached hydrogen (secondary N) is 1. The number of nitrogens with two attached hydrogens (primary N) is 1. The molecule has 1 unspecified atom stereocenters. The molecule has 10 nitrogen and oxygen atoms in total. The van der Waals surface area contributed by atoms with Crippen molar-refractivity contribution in [1.29, 1.82) is 0 Å². The van der Waals surface area contributed by atoms with Crippen LogP contribution in [0, 0.1) is 5.92 Å². The van der Waals surface area contributed by atoms with Crippen molar-refractivity contribution in [3.8, 4) is 23.0 Å². The van der Waals surface area contributed by atoms with Gasteiger partial charge in [-0.3, -0.25) is 4.79 Å². The van der Waals surface area contributed by atoms with E-state index < -0.39 is 24.5 Å². The number of nitrogens with zero attached hydrogens (tertiary/aromatic N) is 2. The number of amides is 1. The average molecular weight is 589 g/mol. The molecule has 212 valence electrons. The Balaban J connectivity index is 0.00000267. The predicted molar refractivity (Wildman–Crippen MR) is 141 cm³/mol. The Morgan fingerprint density at radius 2 is 1.85 bits per heavy atom. The second-order valence-corrected chi connectivity index (χ2v) is 8.50. The molecule has 0 aliphatic heterocycles. The predicted octanol–water partition coefficient (Wildman–Crippen LogP) is 4.71. The number of aromatic nitrogens is 2. The minimum absolute atomic E-state index is 0. The summed E-state index contributed by atoms with van der Waals surface area (Å²) in [5.74, 6) is -0.255. The van der Waals surface area contributed by atoms with E-state index in [9.17, 15) is 18.4 Å². The van der Waals surface area contributed by atoms with Crippen LogP contribution in [0.1, 0.15) is 58.2 Å². The Morgan fingerprint density at radius 1 is 1.13 bits per heavy atom. The molecule has 4 rings (SSSR count). The van der Waals surface area contributed by atoms with E-state index in [0.29, 0.717) is 29.5 Å². The van der Waals surface area contributed by atoms with Gasteiger partial charge in [-0.2, -0.15) is 8.78 Å². The maximum absolute atomic E-state index is 12.8. The highest BCUT2D eigenvalue weighted by Gasteiger charge is 2.24. The normalized spacial score (nSPS) is 13.1. The fourth-order valence-electron chi connectivity index (χ4n) is 3.44. The first-order valence-corrected chi connectivity index (χ1v) is 11.6. The first-order valence-electron chi connectivity index (χ1n) is 11.6. The quantitative estimate of drug-likeness (QED) is 0.305. The Hall–Kier alpha value is -3.48. The first-order chi connectivity index (χ1) is 17.7. The number of alkyl halides is 2. The molecule has 1 saturated carbocycles. The number of ether oxygens (including phenoxy) is 3. The van der Waals surface area contributed by atoms with Gasteiger partial charge in [-0.25, -0.2) is 14.8 Å². The molecule has 0 saturated heterocycles. The van der Waals surface area contributed by atoms with E-state index >= 15 is 0 Å². The molecule has 3 aromatic rings. The number of hydrogen-bond donors (Lipinski definition) is 2. The van der Waals surface area contributed by atoms with Gasteiger partial charge in [0.1, 0.15) is 22.8 Å². The molecule has 0 radical (unpaired) electrons. The average Bonchev–Trinajstić information content (AvgIpc) is 3.62. The van der Waals surface area contributed by atoms with Crippen molar-refractivity contribution in [2.45, 2.75) is 39.0 Å². The molecule has 1 aromatic carbocycles. The molecule has 1 aliphatic rings. The molecule has 1 amide bonds. The van der Waals surface area contributed by atoms with Gasteiger partial charge < -0.3 is 29.7 Å². The highest BCUT2D eigenvalue weighted by molar-refractivity contribution is 5.94. The van der Waals surface area contributed by atoms with Gasteiger partial charge in [0.05, 0.1) is 26.3 Å². The van der Waals surface area contributed by atoms with Crippen molar-refractivity contribution in [2.75, 3.05) is 13.7 Å². The van der Waals surface area contributed by atoms with Crippen LogP contribution in [0.25, 0.3) is 11.5 Å². The lowest BCUT2D eigenvalue weighted by Crippen LogP contribution is -2.25. The number of carbonyl (C=O) groups excluding carboxylic acids is 2. The van der Waals surface area contributed by atoms with Gasteiger partial charge in [0.25, 0.3) is 5.91 Å². The van der Waals surface area contributed by atoms with Crippen LogP contribution in [-0.4, -0.2) is 42.2 Å². The minimum Gasteiger partial charge on any atom is -0.489 e. The Bertz CT molecular complexity index is 1290. The maximum atomic E-state index is 12.8. The van der Waals surface area contributed by atoms with Crippen LogP contribution in [0.3, 0.4) is 0 Å². The van der Waals surface area contributed by atoms with Gasteiger partial charge in [-0.05, 0) is 56.0 Å². The van der Waals surface area contributed by atoms with Crippen LogP contribution >= 0.6 is 24.8 Å². The van der Waals surface area contributed by atoms with E-state index in [1.807, 2.05) is 0 Å². The molecule has 0 spiro atoms. The van der Waals surface area contributed by atoms with Crippen molar-refractivity contribution >= 4 is 36.7 Å². The van der Waals surface area contributed by atoms with Gasteiger partial charge in [0, 0.05) is 5.56 Å². The summed E-state index contributed by atoms with van der Waals surface area (Å²) in [5.41, 5.74) is 6.89. The third-order valence-corrected chi connectivity index (χ3v) is 5.51. The molecular weight excluding hydrogens is 561 g/mol. The number of hydrogen-bond acceptors (Lipinski definition) is 9. The monoisotopic (exact) mass is 588 g/mol. The number of benzene rings is 1. The van der Waals surface area contributed by atoms with E-state index in [1.165, 1.54) is 43.5 Å². The first kappa shape index (κ1) is 31.7. The molecule has 14 heteroatoms. The maximum Gasteiger partial charge on any atom is 0.387 e. The molecule has 1 aliphatic carbocycles. The molecule has 0 bridgehead atoms. The van der Waals surface area contributed by atoms with Crippen LogP contribution in [0.15, 0.2) is 40.8 Å². The number of rotatable bonds is 11. The number of oxazole rings is 1. The van der Waals surface area contributed by atoms with Crippen LogP contribution < -0.4 is 20.5 Å². The zero-order chi connectivity index (χ0) is 26.5. The molecule has 3 N–H and O–H groups in total. The van der Waals surface area contributed by atoms with Crippen LogP contribution in [-0.2, 0) is 11.3 Å². The summed E-state index contributed by atoms with van der Waals surface area (Å²) in [6.45, 7) is -0.956. The molecule has 2 aromatic heterocycles. The topological polar surface area (TPSA) is 139 Å². The minimum atomic E-state index is -3.00. The Kier molecular flexibility index (Phi) is 11.4. The van der Waals surface area contributed by atoms with Gasteiger partial charge in [-0.1, -0.05) is 6.07 Å². The molecule has 2 heterocycles. The third kappa shape index (κ3) is 8.25. The van der Waals surface area contributed by atoms with E-state index in [0.717, 1.165) is 12.8 Å². The van der Waals surface area contributed by atoms with Gasteiger partial charge in [0.15, 0.2) is 11.5 Å². The summed E-state index contributed by atoms with van der Waals surface area (Å²) in [6, 6.07) is 8.24. The van der Waals surface area contributed by atoms with Crippen LogP contribution in [0.2, 0.25) is 0 Å². The lowest BCUT2D eigenvalue weighted by atomic mass is 10.2. The fourth-order valence-corrected chi connectivity index (χ4v) is 3.44. The SMILES string of the molecule is COC(=O)c1cccc(C(=O)NCc2nc(-c3ccc(OC(F)F)c(OCC4CC4)c3)oc2C(C)N)n1.Cl.Cl. The van der Waals surface area contributed by atoms with Crippen molar-refractivity contribution in [1.82, 2.24) is 15.3 Å². The van der Waals surface area contributed by atoms with Gasteiger partial charge in [0.2, 0.25) is 5.89 Å². The van der Waals surface area contributed by atoms with Gasteiger partial charge in [-0.15, -0.1) is 24.8 Å². The number of pyridine rings is 1. The number of halogens is 4. The zero-order valence-electron chi connectivity index (χ0n) is 21.0. The van der Waals surface area contributed by atoms with Crippen molar-refractivity contribution < 1.29 is 37.0 Å². The number of methoxy groups -OCH3 is 1. The summed E-state index contributed by atoms with van der Waals surface area (Å²) >= 11 is 0. The third-order valence-electron chi connectivity index (χ3n) is 5.51. The van der Waals surface area contributed by atoms with E-state index in [2.05, 4.69) is 24.8 Å². The lowest BCUT2D eigenvalue weighted by Gasteiger charge is -2.12. The summed E-state index contributed by atoms with van der Waals surface area (Å²) < 4.78 is 46.5. The van der Waals surface area contributed by atoms with Gasteiger partial charge >= 0.3 is 12.6 Å².